The second kappa shape index (κ2) is 6.51. The maximum Gasteiger partial charge on any atom is 0.409 e. The van der Waals surface area contributed by atoms with E-state index >= 15 is 0 Å². The number of amides is 1. The van der Waals surface area contributed by atoms with Gasteiger partial charge in [0.2, 0.25) is 0 Å². The summed E-state index contributed by atoms with van der Waals surface area (Å²) >= 11 is 0. The Labute approximate surface area is 96.9 Å². The number of ketones is 1. The normalized spacial score (nSPS) is 17.2. The molecule has 16 heavy (non-hydrogen) atoms. The lowest BCUT2D eigenvalue weighted by Gasteiger charge is -2.30. The highest BCUT2D eigenvalue weighted by molar-refractivity contribution is 5.78. The molecular formula is C12H21NO3. The van der Waals surface area contributed by atoms with Gasteiger partial charge in [-0.25, -0.2) is 4.79 Å². The van der Waals surface area contributed by atoms with Crippen LogP contribution in [0.5, 0.6) is 0 Å². The fraction of sp³-hybridized carbons (Fsp3) is 0.833. The molecule has 1 amide bonds. The summed E-state index contributed by atoms with van der Waals surface area (Å²) in [7, 11) is 0. The topological polar surface area (TPSA) is 46.6 Å². The molecule has 0 spiro atoms. The molecule has 0 saturated carbocycles. The van der Waals surface area contributed by atoms with Gasteiger partial charge in [-0.1, -0.05) is 13.3 Å². The highest BCUT2D eigenvalue weighted by Crippen LogP contribution is 2.18. The molecule has 1 heterocycles. The number of unbranched alkanes of at least 4 members (excludes halogenated alkanes) is 1. The van der Waals surface area contributed by atoms with Gasteiger partial charge >= 0.3 is 6.09 Å². The Morgan fingerprint density at radius 2 is 1.94 bits per heavy atom. The first kappa shape index (κ1) is 13.0. The smallest absolute Gasteiger partial charge is 0.409 e. The van der Waals surface area contributed by atoms with Gasteiger partial charge in [-0.2, -0.15) is 0 Å². The van der Waals surface area contributed by atoms with Crippen LogP contribution in [0.2, 0.25) is 0 Å². The van der Waals surface area contributed by atoms with Crippen molar-refractivity contribution < 1.29 is 14.3 Å². The standard InChI is InChI=1S/C12H21NO3/c1-3-4-9-16-12(15)13-7-5-11(6-8-13)10(2)14/h11H,3-9H2,1-2H3. The van der Waals surface area contributed by atoms with E-state index in [1.165, 1.54) is 0 Å². The van der Waals surface area contributed by atoms with Crippen molar-refractivity contribution in [2.75, 3.05) is 19.7 Å². The molecule has 0 atom stereocenters. The van der Waals surface area contributed by atoms with Crippen LogP contribution in [-0.2, 0) is 9.53 Å². The van der Waals surface area contributed by atoms with Crippen molar-refractivity contribution in [3.8, 4) is 0 Å². The number of hydrogen-bond acceptors (Lipinski definition) is 3. The molecular weight excluding hydrogens is 206 g/mol. The molecule has 1 rings (SSSR count). The third kappa shape index (κ3) is 3.83. The highest BCUT2D eigenvalue weighted by Gasteiger charge is 2.25. The summed E-state index contributed by atoms with van der Waals surface area (Å²) in [4.78, 5) is 24.4. The molecule has 4 heteroatoms. The number of Topliss-reactive ketones (excluding diaryl/α,β-unsaturated/α-hetero) is 1. The molecule has 0 aromatic carbocycles. The molecule has 1 saturated heterocycles. The lowest BCUT2D eigenvalue weighted by molar-refractivity contribution is -0.122. The molecule has 0 radical (unpaired) electrons. The summed E-state index contributed by atoms with van der Waals surface area (Å²) in [6.45, 7) is 5.48. The van der Waals surface area contributed by atoms with Crippen LogP contribution in [0.1, 0.15) is 39.5 Å². The van der Waals surface area contributed by atoms with E-state index in [0.29, 0.717) is 19.7 Å². The monoisotopic (exact) mass is 227 g/mol. The molecule has 92 valence electrons. The fourth-order valence-electron chi connectivity index (χ4n) is 1.86. The second-order valence-corrected chi connectivity index (χ2v) is 4.34. The van der Waals surface area contributed by atoms with Gasteiger partial charge in [0.15, 0.2) is 0 Å². The quantitative estimate of drug-likeness (QED) is 0.692. The summed E-state index contributed by atoms with van der Waals surface area (Å²) in [5.74, 6) is 0.374. The van der Waals surface area contributed by atoms with Crippen molar-refractivity contribution in [3.63, 3.8) is 0 Å². The Morgan fingerprint density at radius 1 is 1.31 bits per heavy atom. The lowest BCUT2D eigenvalue weighted by atomic mass is 9.94. The first-order valence-electron chi connectivity index (χ1n) is 6.07. The zero-order valence-electron chi connectivity index (χ0n) is 10.2. The predicted octanol–water partition coefficient (Wildman–Crippen LogP) is 2.22. The van der Waals surface area contributed by atoms with Crippen molar-refractivity contribution in [3.05, 3.63) is 0 Å². The summed E-state index contributed by atoms with van der Waals surface area (Å²) < 4.78 is 5.12. The van der Waals surface area contributed by atoms with Gasteiger partial charge in [-0.15, -0.1) is 0 Å². The summed E-state index contributed by atoms with van der Waals surface area (Å²) in [6.07, 6.45) is 3.27. The lowest BCUT2D eigenvalue weighted by Crippen LogP contribution is -2.40. The van der Waals surface area contributed by atoms with E-state index in [9.17, 15) is 9.59 Å². The van der Waals surface area contributed by atoms with Crippen LogP contribution in [0, 0.1) is 5.92 Å². The van der Waals surface area contributed by atoms with Crippen molar-refractivity contribution in [1.29, 1.82) is 0 Å². The SMILES string of the molecule is CCCCOC(=O)N1CCC(C(C)=O)CC1. The molecule has 0 N–H and O–H groups in total. The van der Waals surface area contributed by atoms with E-state index in [1.54, 1.807) is 11.8 Å². The van der Waals surface area contributed by atoms with Crippen LogP contribution in [0.3, 0.4) is 0 Å². The van der Waals surface area contributed by atoms with E-state index in [1.807, 2.05) is 0 Å². The van der Waals surface area contributed by atoms with Crippen LogP contribution < -0.4 is 0 Å². The van der Waals surface area contributed by atoms with Gasteiger partial charge in [0.1, 0.15) is 5.78 Å². The molecule has 4 nitrogen and oxygen atoms in total. The number of ether oxygens (including phenoxy) is 1. The Balaban J connectivity index is 2.25. The number of piperidine rings is 1. The first-order chi connectivity index (χ1) is 7.65. The zero-order valence-corrected chi connectivity index (χ0v) is 10.2. The largest absolute Gasteiger partial charge is 0.449 e. The van der Waals surface area contributed by atoms with Gasteiger partial charge in [0, 0.05) is 19.0 Å². The maximum atomic E-state index is 11.6. The van der Waals surface area contributed by atoms with Gasteiger partial charge in [0.05, 0.1) is 6.61 Å². The van der Waals surface area contributed by atoms with Gasteiger partial charge in [-0.05, 0) is 26.2 Å². The average molecular weight is 227 g/mol. The third-order valence-corrected chi connectivity index (χ3v) is 3.05. The number of likely N-dealkylation sites (tertiary alicyclic amines) is 1. The van der Waals surface area contributed by atoms with Gasteiger partial charge in [0.25, 0.3) is 0 Å². The Kier molecular flexibility index (Phi) is 5.29. The van der Waals surface area contributed by atoms with Crippen LogP contribution in [0.15, 0.2) is 0 Å². The molecule has 1 aliphatic heterocycles. The summed E-state index contributed by atoms with van der Waals surface area (Å²) in [5.41, 5.74) is 0. The minimum atomic E-state index is -0.226. The molecule has 1 fully saturated rings. The summed E-state index contributed by atoms with van der Waals surface area (Å²) in [5, 5.41) is 0. The molecule has 0 bridgehead atoms. The molecule has 0 unspecified atom stereocenters. The van der Waals surface area contributed by atoms with E-state index in [0.717, 1.165) is 25.7 Å². The average Bonchev–Trinajstić information content (AvgIpc) is 2.29. The van der Waals surface area contributed by atoms with E-state index in [4.69, 9.17) is 4.74 Å². The van der Waals surface area contributed by atoms with E-state index < -0.39 is 0 Å². The maximum absolute atomic E-state index is 11.6. The van der Waals surface area contributed by atoms with Gasteiger partial charge < -0.3 is 9.64 Å². The summed E-state index contributed by atoms with van der Waals surface area (Å²) in [6, 6.07) is 0. The highest BCUT2D eigenvalue weighted by atomic mass is 16.6. The molecule has 0 aromatic rings. The van der Waals surface area contributed by atoms with E-state index in [2.05, 4.69) is 6.92 Å². The van der Waals surface area contributed by atoms with Crippen molar-refractivity contribution in [2.45, 2.75) is 39.5 Å². The predicted molar refractivity (Wildman–Crippen MR) is 61.2 cm³/mol. The zero-order chi connectivity index (χ0) is 12.0. The first-order valence-corrected chi connectivity index (χ1v) is 6.07. The minimum absolute atomic E-state index is 0.139. The Hall–Kier alpha value is -1.06. The molecule has 0 aromatic heterocycles. The van der Waals surface area contributed by atoms with Crippen LogP contribution >= 0.6 is 0 Å². The van der Waals surface area contributed by atoms with Crippen molar-refractivity contribution >= 4 is 11.9 Å². The fourth-order valence-corrected chi connectivity index (χ4v) is 1.86. The van der Waals surface area contributed by atoms with Crippen molar-refractivity contribution in [1.82, 2.24) is 4.90 Å². The third-order valence-electron chi connectivity index (χ3n) is 3.05. The Bertz CT molecular complexity index is 245. The minimum Gasteiger partial charge on any atom is -0.449 e. The van der Waals surface area contributed by atoms with Gasteiger partial charge in [-0.3, -0.25) is 4.79 Å². The number of rotatable bonds is 4. The number of nitrogens with zero attached hydrogens (tertiary/aromatic N) is 1. The number of carbonyl (C=O) groups excluding carboxylic acids is 2. The van der Waals surface area contributed by atoms with Crippen LogP contribution in [-0.4, -0.2) is 36.5 Å². The second-order valence-electron chi connectivity index (χ2n) is 4.34. The van der Waals surface area contributed by atoms with Crippen LogP contribution in [0.4, 0.5) is 4.79 Å². The number of hydrogen-bond donors (Lipinski definition) is 0. The van der Waals surface area contributed by atoms with Crippen molar-refractivity contribution in [2.24, 2.45) is 5.92 Å². The van der Waals surface area contributed by atoms with Crippen LogP contribution in [0.25, 0.3) is 0 Å². The molecule has 1 aliphatic rings. The Morgan fingerprint density at radius 3 is 2.44 bits per heavy atom. The number of carbonyl (C=O) groups is 2. The molecule has 0 aliphatic carbocycles. The van der Waals surface area contributed by atoms with E-state index in [-0.39, 0.29) is 17.8 Å².